The third-order valence-electron chi connectivity index (χ3n) is 3.13. The Morgan fingerprint density at radius 1 is 1.35 bits per heavy atom. The Morgan fingerprint density at radius 2 is 2.05 bits per heavy atom. The molecule has 0 radical (unpaired) electrons. The van der Waals surface area contributed by atoms with Gasteiger partial charge in [0.05, 0.1) is 17.7 Å². The minimum atomic E-state index is -0.730. The Kier molecular flexibility index (Phi) is 4.23. The van der Waals surface area contributed by atoms with E-state index in [1.165, 1.54) is 6.20 Å². The van der Waals surface area contributed by atoms with Crippen molar-refractivity contribution < 1.29 is 5.11 Å². The monoisotopic (exact) mass is 287 g/mol. The molecule has 2 rings (SSSR count). The molecule has 0 amide bonds. The molecule has 0 aliphatic carbocycles. The molecule has 1 heterocycles. The van der Waals surface area contributed by atoms with Crippen LogP contribution in [0, 0.1) is 11.3 Å². The molecule has 2 N–H and O–H groups in total. The summed E-state index contributed by atoms with van der Waals surface area (Å²) >= 11 is 6.13. The number of rotatable bonds is 4. The van der Waals surface area contributed by atoms with E-state index in [-0.39, 0.29) is 11.6 Å². The summed E-state index contributed by atoms with van der Waals surface area (Å²) in [5.74, 6) is 0.381. The number of halogens is 1. The molecule has 0 aliphatic rings. The molecule has 0 spiro atoms. The summed E-state index contributed by atoms with van der Waals surface area (Å²) in [5, 5.41) is 22.1. The van der Waals surface area contributed by atoms with Crippen molar-refractivity contribution in [1.29, 1.82) is 5.26 Å². The summed E-state index contributed by atoms with van der Waals surface area (Å²) in [4.78, 5) is 4.14. The lowest BCUT2D eigenvalue weighted by Gasteiger charge is -2.30. The highest BCUT2D eigenvalue weighted by molar-refractivity contribution is 6.34. The predicted molar refractivity (Wildman–Crippen MR) is 78.5 cm³/mol. The lowest BCUT2D eigenvalue weighted by atomic mass is 9.93. The van der Waals surface area contributed by atoms with E-state index in [9.17, 15) is 5.11 Å². The fourth-order valence-electron chi connectivity index (χ4n) is 1.89. The number of aliphatic hydroxyl groups is 1. The maximum Gasteiger partial charge on any atom is 0.146 e. The van der Waals surface area contributed by atoms with E-state index >= 15 is 0 Å². The highest BCUT2D eigenvalue weighted by atomic mass is 35.5. The van der Waals surface area contributed by atoms with Crippen molar-refractivity contribution in [3.05, 3.63) is 58.7 Å². The van der Waals surface area contributed by atoms with Crippen LogP contribution in [0.15, 0.2) is 42.6 Å². The van der Waals surface area contributed by atoms with Crippen LogP contribution < -0.4 is 5.32 Å². The molecule has 4 nitrogen and oxygen atoms in total. The zero-order valence-corrected chi connectivity index (χ0v) is 11.7. The van der Waals surface area contributed by atoms with E-state index in [2.05, 4.69) is 10.3 Å². The molecule has 20 heavy (non-hydrogen) atoms. The van der Waals surface area contributed by atoms with Crippen molar-refractivity contribution in [1.82, 2.24) is 4.98 Å². The van der Waals surface area contributed by atoms with Gasteiger partial charge in [0.2, 0.25) is 0 Å². The fraction of sp³-hybridized carbons (Fsp3) is 0.200. The zero-order valence-electron chi connectivity index (χ0n) is 11.0. The lowest BCUT2D eigenvalue weighted by Crippen LogP contribution is -2.36. The number of nitriles is 1. The molecule has 0 saturated carbocycles. The third-order valence-corrected chi connectivity index (χ3v) is 3.51. The fourth-order valence-corrected chi connectivity index (χ4v) is 2.09. The first-order valence-electron chi connectivity index (χ1n) is 6.10. The van der Waals surface area contributed by atoms with Crippen molar-refractivity contribution in [3.63, 3.8) is 0 Å². The average molecular weight is 288 g/mol. The molecule has 0 fully saturated rings. The van der Waals surface area contributed by atoms with Crippen LogP contribution in [0.1, 0.15) is 18.1 Å². The van der Waals surface area contributed by atoms with E-state index in [1.54, 1.807) is 6.07 Å². The second kappa shape index (κ2) is 5.91. The lowest BCUT2D eigenvalue weighted by molar-refractivity contribution is 0.223. The smallest absolute Gasteiger partial charge is 0.146 e. The van der Waals surface area contributed by atoms with Crippen molar-refractivity contribution in [2.45, 2.75) is 12.5 Å². The third kappa shape index (κ3) is 2.74. The predicted octanol–water partition coefficient (Wildman–Crippen LogP) is 2.93. The van der Waals surface area contributed by atoms with Crippen LogP contribution >= 0.6 is 11.6 Å². The van der Waals surface area contributed by atoms with Gasteiger partial charge in [-0.1, -0.05) is 41.9 Å². The van der Waals surface area contributed by atoms with Crippen LogP contribution in [0.2, 0.25) is 5.02 Å². The van der Waals surface area contributed by atoms with Gasteiger partial charge in [-0.3, -0.25) is 0 Å². The van der Waals surface area contributed by atoms with Gasteiger partial charge in [0.15, 0.2) is 0 Å². The van der Waals surface area contributed by atoms with Gasteiger partial charge in [-0.05, 0) is 18.6 Å². The number of nitrogens with zero attached hydrogens (tertiary/aromatic N) is 2. The van der Waals surface area contributed by atoms with Gasteiger partial charge in [0.25, 0.3) is 0 Å². The molecule has 1 aromatic carbocycles. The molecule has 1 unspecified atom stereocenters. The van der Waals surface area contributed by atoms with Gasteiger partial charge in [-0.15, -0.1) is 0 Å². The van der Waals surface area contributed by atoms with E-state index in [1.807, 2.05) is 43.3 Å². The normalized spacial score (nSPS) is 13.3. The number of nitrogens with one attached hydrogen (secondary N) is 1. The van der Waals surface area contributed by atoms with Crippen LogP contribution in [-0.4, -0.2) is 16.7 Å². The van der Waals surface area contributed by atoms with Crippen LogP contribution in [0.3, 0.4) is 0 Å². The maximum atomic E-state index is 9.72. The Hall–Kier alpha value is -2.09. The summed E-state index contributed by atoms with van der Waals surface area (Å²) in [5.41, 5.74) is 0.520. The number of hydrogen-bond donors (Lipinski definition) is 2. The first kappa shape index (κ1) is 14.3. The van der Waals surface area contributed by atoms with E-state index in [0.717, 1.165) is 5.56 Å². The number of pyridine rings is 1. The molecule has 0 saturated heterocycles. The quantitative estimate of drug-likeness (QED) is 0.907. The van der Waals surface area contributed by atoms with Crippen LogP contribution in [0.4, 0.5) is 5.82 Å². The van der Waals surface area contributed by atoms with Crippen molar-refractivity contribution >= 4 is 17.4 Å². The highest BCUT2D eigenvalue weighted by Crippen LogP contribution is 2.30. The second-order valence-corrected chi connectivity index (χ2v) is 4.99. The SMILES string of the molecule is CC(CO)(Nc1nccc(C#N)c1Cl)c1ccccc1. The molecule has 2 aromatic rings. The van der Waals surface area contributed by atoms with E-state index < -0.39 is 5.54 Å². The summed E-state index contributed by atoms with van der Waals surface area (Å²) in [6.45, 7) is 1.71. The molecule has 102 valence electrons. The highest BCUT2D eigenvalue weighted by Gasteiger charge is 2.27. The van der Waals surface area contributed by atoms with Gasteiger partial charge in [0.1, 0.15) is 16.9 Å². The molecule has 0 bridgehead atoms. The van der Waals surface area contributed by atoms with Gasteiger partial charge < -0.3 is 10.4 Å². The minimum absolute atomic E-state index is 0.133. The first-order chi connectivity index (χ1) is 9.60. The molecule has 1 aromatic heterocycles. The topological polar surface area (TPSA) is 68.9 Å². The van der Waals surface area contributed by atoms with Crippen LogP contribution in [0.25, 0.3) is 0 Å². The second-order valence-electron chi connectivity index (χ2n) is 4.61. The van der Waals surface area contributed by atoms with Crippen LogP contribution in [-0.2, 0) is 5.54 Å². The molecule has 0 aliphatic heterocycles. The molecular weight excluding hydrogens is 274 g/mol. The van der Waals surface area contributed by atoms with E-state index in [4.69, 9.17) is 16.9 Å². The Morgan fingerprint density at radius 3 is 2.65 bits per heavy atom. The Bertz CT molecular complexity index is 639. The largest absolute Gasteiger partial charge is 0.394 e. The first-order valence-corrected chi connectivity index (χ1v) is 6.47. The summed E-state index contributed by atoms with van der Waals surface area (Å²) in [7, 11) is 0. The van der Waals surface area contributed by atoms with Gasteiger partial charge in [-0.25, -0.2) is 4.98 Å². The van der Waals surface area contributed by atoms with E-state index in [0.29, 0.717) is 11.4 Å². The van der Waals surface area contributed by atoms with Gasteiger partial charge in [0, 0.05) is 6.20 Å². The van der Waals surface area contributed by atoms with Crippen molar-refractivity contribution in [2.75, 3.05) is 11.9 Å². The van der Waals surface area contributed by atoms with Gasteiger partial charge in [-0.2, -0.15) is 5.26 Å². The van der Waals surface area contributed by atoms with Crippen molar-refractivity contribution in [2.24, 2.45) is 0 Å². The number of aromatic nitrogens is 1. The molecule has 5 heteroatoms. The maximum absolute atomic E-state index is 9.72. The van der Waals surface area contributed by atoms with Crippen molar-refractivity contribution in [3.8, 4) is 6.07 Å². The average Bonchev–Trinajstić information content (AvgIpc) is 2.50. The molecule has 1 atom stereocenters. The Labute approximate surface area is 122 Å². The summed E-state index contributed by atoms with van der Waals surface area (Å²) in [6.07, 6.45) is 1.51. The number of hydrogen-bond acceptors (Lipinski definition) is 4. The standard InChI is InChI=1S/C15H14ClN3O/c1-15(10-20,12-5-3-2-4-6-12)19-14-13(16)11(9-17)7-8-18-14/h2-8,20H,10H2,1H3,(H,18,19). The molecular formula is C15H14ClN3O. The number of anilines is 1. The Balaban J connectivity index is 2.39. The summed E-state index contributed by atoms with van der Waals surface area (Å²) in [6, 6.07) is 13.1. The van der Waals surface area contributed by atoms with Crippen LogP contribution in [0.5, 0.6) is 0 Å². The minimum Gasteiger partial charge on any atom is -0.394 e. The number of aliphatic hydroxyl groups excluding tert-OH is 1. The number of benzene rings is 1. The summed E-state index contributed by atoms with van der Waals surface area (Å²) < 4.78 is 0. The zero-order chi connectivity index (χ0) is 14.6. The van der Waals surface area contributed by atoms with Gasteiger partial charge >= 0.3 is 0 Å².